The van der Waals surface area contributed by atoms with Crippen molar-refractivity contribution in [1.82, 2.24) is 4.98 Å². The van der Waals surface area contributed by atoms with E-state index < -0.39 is 5.78 Å². The van der Waals surface area contributed by atoms with E-state index in [0.29, 0.717) is 17.4 Å². The van der Waals surface area contributed by atoms with Crippen LogP contribution in [0.5, 0.6) is 0 Å². The summed E-state index contributed by atoms with van der Waals surface area (Å²) in [6.45, 7) is 1.80. The molecule has 3 nitrogen and oxygen atoms in total. The van der Waals surface area contributed by atoms with Gasteiger partial charge in [0, 0.05) is 11.6 Å². The fourth-order valence-corrected chi connectivity index (χ4v) is 1.62. The lowest BCUT2D eigenvalue weighted by molar-refractivity contribution is -0.104. The number of nitrogens with zero attached hydrogens (tertiary/aromatic N) is 1. The quantitative estimate of drug-likeness (QED) is 0.421. The monoisotopic (exact) mass is 199 g/mol. The van der Waals surface area contributed by atoms with Gasteiger partial charge < -0.3 is 0 Å². The van der Waals surface area contributed by atoms with Gasteiger partial charge in [0.25, 0.3) is 0 Å². The van der Waals surface area contributed by atoms with Crippen LogP contribution in [-0.4, -0.2) is 17.1 Å². The number of benzene rings is 1. The maximum atomic E-state index is 11.4. The Morgan fingerprint density at radius 1 is 1.33 bits per heavy atom. The molecular weight excluding hydrogens is 190 g/mol. The molecule has 0 spiro atoms. The van der Waals surface area contributed by atoms with E-state index in [2.05, 4.69) is 4.98 Å². The zero-order valence-corrected chi connectivity index (χ0v) is 8.23. The molecule has 0 unspecified atom stereocenters. The largest absolute Gasteiger partial charge is 0.294 e. The van der Waals surface area contributed by atoms with Crippen molar-refractivity contribution in [1.29, 1.82) is 0 Å². The summed E-state index contributed by atoms with van der Waals surface area (Å²) >= 11 is 0. The molecule has 2 aromatic rings. The van der Waals surface area contributed by atoms with E-state index in [1.54, 1.807) is 19.2 Å². The summed E-state index contributed by atoms with van der Waals surface area (Å²) in [6, 6.07) is 7.37. The Morgan fingerprint density at radius 3 is 2.87 bits per heavy atom. The zero-order valence-electron chi connectivity index (χ0n) is 8.23. The predicted molar refractivity (Wildman–Crippen MR) is 56.9 cm³/mol. The highest BCUT2D eigenvalue weighted by atomic mass is 16.2. The number of hydrogen-bond acceptors (Lipinski definition) is 3. The first-order valence-electron chi connectivity index (χ1n) is 4.58. The number of carbonyl (C=O) groups is 2. The minimum Gasteiger partial charge on any atom is -0.294 e. The Bertz CT molecular complexity index is 546. The van der Waals surface area contributed by atoms with Crippen molar-refractivity contribution in [3.8, 4) is 0 Å². The molecule has 74 valence electrons. The SMILES string of the molecule is Cc1ccc2cccnc2c1C(=O)C=O. The topological polar surface area (TPSA) is 47.0 Å². The molecule has 0 saturated carbocycles. The number of aldehydes is 1. The van der Waals surface area contributed by atoms with Gasteiger partial charge in [-0.2, -0.15) is 0 Å². The van der Waals surface area contributed by atoms with E-state index >= 15 is 0 Å². The molecule has 0 atom stereocenters. The molecule has 1 heterocycles. The van der Waals surface area contributed by atoms with Crippen LogP contribution in [0.4, 0.5) is 0 Å². The van der Waals surface area contributed by atoms with Crippen molar-refractivity contribution in [2.45, 2.75) is 6.92 Å². The second-order valence-electron chi connectivity index (χ2n) is 3.31. The van der Waals surface area contributed by atoms with Crippen molar-refractivity contribution in [2.75, 3.05) is 0 Å². The van der Waals surface area contributed by atoms with Gasteiger partial charge in [0.2, 0.25) is 5.78 Å². The first-order chi connectivity index (χ1) is 7.24. The van der Waals surface area contributed by atoms with Gasteiger partial charge >= 0.3 is 0 Å². The highest BCUT2D eigenvalue weighted by Crippen LogP contribution is 2.19. The van der Waals surface area contributed by atoms with Crippen molar-refractivity contribution in [2.24, 2.45) is 0 Å². The third-order valence-electron chi connectivity index (χ3n) is 2.34. The predicted octanol–water partition coefficient (Wildman–Crippen LogP) is 1.92. The van der Waals surface area contributed by atoms with Crippen molar-refractivity contribution in [3.63, 3.8) is 0 Å². The molecule has 1 aromatic carbocycles. The summed E-state index contributed by atoms with van der Waals surface area (Å²) in [5.41, 5.74) is 1.77. The van der Waals surface area contributed by atoms with Crippen LogP contribution in [0.25, 0.3) is 10.9 Å². The summed E-state index contributed by atoms with van der Waals surface area (Å²) in [6.07, 6.45) is 1.94. The standard InChI is InChI=1S/C12H9NO2/c1-8-4-5-9-3-2-6-13-12(9)11(8)10(15)7-14/h2-7H,1H3. The lowest BCUT2D eigenvalue weighted by Crippen LogP contribution is -2.04. The number of fused-ring (bicyclic) bond motifs is 1. The van der Waals surface area contributed by atoms with Crippen molar-refractivity contribution in [3.05, 3.63) is 41.6 Å². The Kier molecular flexibility index (Phi) is 2.29. The molecule has 0 N–H and O–H groups in total. The Balaban J connectivity index is 2.85. The normalized spacial score (nSPS) is 10.2. The molecule has 0 fully saturated rings. The van der Waals surface area contributed by atoms with Gasteiger partial charge in [0.15, 0.2) is 6.29 Å². The molecule has 2 rings (SSSR count). The number of rotatable bonds is 2. The van der Waals surface area contributed by atoms with Gasteiger partial charge in [-0.3, -0.25) is 14.6 Å². The number of pyridine rings is 1. The number of aromatic nitrogens is 1. The number of hydrogen-bond donors (Lipinski definition) is 0. The second-order valence-corrected chi connectivity index (χ2v) is 3.31. The van der Waals surface area contributed by atoms with Gasteiger partial charge in [-0.25, -0.2) is 0 Å². The Morgan fingerprint density at radius 2 is 2.13 bits per heavy atom. The summed E-state index contributed by atoms with van der Waals surface area (Å²) in [5, 5.41) is 0.869. The zero-order chi connectivity index (χ0) is 10.8. The maximum Gasteiger partial charge on any atom is 0.227 e. The van der Waals surface area contributed by atoms with E-state index in [0.717, 1.165) is 10.9 Å². The fraction of sp³-hybridized carbons (Fsp3) is 0.0833. The molecule has 3 heteroatoms. The van der Waals surface area contributed by atoms with Gasteiger partial charge in [-0.15, -0.1) is 0 Å². The van der Waals surface area contributed by atoms with Crippen LogP contribution < -0.4 is 0 Å². The van der Waals surface area contributed by atoms with E-state index in [1.165, 1.54) is 0 Å². The van der Waals surface area contributed by atoms with Crippen LogP contribution in [0, 0.1) is 6.92 Å². The molecule has 0 aliphatic heterocycles. The molecule has 0 amide bonds. The third-order valence-corrected chi connectivity index (χ3v) is 2.34. The summed E-state index contributed by atoms with van der Waals surface area (Å²) in [5.74, 6) is -0.517. The van der Waals surface area contributed by atoms with Crippen LogP contribution >= 0.6 is 0 Å². The highest BCUT2D eigenvalue weighted by molar-refractivity contribution is 6.36. The molecular formula is C12H9NO2. The minimum atomic E-state index is -0.517. The number of aryl methyl sites for hydroxylation is 1. The van der Waals surface area contributed by atoms with Crippen LogP contribution in [0.2, 0.25) is 0 Å². The van der Waals surface area contributed by atoms with Crippen molar-refractivity contribution < 1.29 is 9.59 Å². The van der Waals surface area contributed by atoms with Gasteiger partial charge in [0.1, 0.15) is 0 Å². The minimum absolute atomic E-state index is 0.330. The summed E-state index contributed by atoms with van der Waals surface area (Å²) in [7, 11) is 0. The highest BCUT2D eigenvalue weighted by Gasteiger charge is 2.12. The Hall–Kier alpha value is -2.03. The smallest absolute Gasteiger partial charge is 0.227 e. The fourth-order valence-electron chi connectivity index (χ4n) is 1.62. The molecule has 0 saturated heterocycles. The summed E-state index contributed by atoms with van der Waals surface area (Å²) < 4.78 is 0. The van der Waals surface area contributed by atoms with Crippen LogP contribution in [0.3, 0.4) is 0 Å². The maximum absolute atomic E-state index is 11.4. The molecule has 0 bridgehead atoms. The average Bonchev–Trinajstić information content (AvgIpc) is 2.28. The third kappa shape index (κ3) is 1.52. The number of ketones is 1. The van der Waals surface area contributed by atoms with E-state index in [1.807, 2.05) is 18.2 Å². The molecule has 0 radical (unpaired) electrons. The first kappa shape index (κ1) is 9.52. The van der Waals surface area contributed by atoms with Gasteiger partial charge in [-0.1, -0.05) is 18.2 Å². The second kappa shape index (κ2) is 3.61. The van der Waals surface area contributed by atoms with Gasteiger partial charge in [-0.05, 0) is 18.6 Å². The van der Waals surface area contributed by atoms with Crippen LogP contribution in [0.1, 0.15) is 15.9 Å². The van der Waals surface area contributed by atoms with Crippen LogP contribution in [0.15, 0.2) is 30.5 Å². The van der Waals surface area contributed by atoms with E-state index in [4.69, 9.17) is 0 Å². The average molecular weight is 199 g/mol. The Labute approximate surface area is 86.8 Å². The molecule has 0 aliphatic rings. The van der Waals surface area contributed by atoms with E-state index in [-0.39, 0.29) is 0 Å². The molecule has 15 heavy (non-hydrogen) atoms. The number of Topliss-reactive ketones (excluding diaryl/α,β-unsaturated/α-hetero) is 1. The van der Waals surface area contributed by atoms with Crippen molar-refractivity contribution >= 4 is 23.0 Å². The van der Waals surface area contributed by atoms with E-state index in [9.17, 15) is 9.59 Å². The summed E-state index contributed by atoms with van der Waals surface area (Å²) in [4.78, 5) is 26.1. The number of carbonyl (C=O) groups excluding carboxylic acids is 2. The van der Waals surface area contributed by atoms with Gasteiger partial charge in [0.05, 0.1) is 11.1 Å². The first-order valence-corrected chi connectivity index (χ1v) is 4.58. The molecule has 0 aliphatic carbocycles. The molecule has 1 aromatic heterocycles. The lowest BCUT2D eigenvalue weighted by atomic mass is 10.0. The lowest BCUT2D eigenvalue weighted by Gasteiger charge is -2.04. The van der Waals surface area contributed by atoms with Crippen LogP contribution in [-0.2, 0) is 4.79 Å².